The average molecular weight is 492 g/mol. The van der Waals surface area contributed by atoms with Gasteiger partial charge in [-0.1, -0.05) is 6.42 Å². The lowest BCUT2D eigenvalue weighted by molar-refractivity contribution is -0.125. The smallest absolute Gasteiger partial charge is 0.250 e. The number of sulfonamides is 1. The number of likely N-dealkylation sites (tertiary alicyclic amines) is 1. The second kappa shape index (κ2) is 10.2. The Hall–Kier alpha value is -2.17. The molecule has 0 aliphatic carbocycles. The Morgan fingerprint density at radius 1 is 1.09 bits per heavy atom. The summed E-state index contributed by atoms with van der Waals surface area (Å²) in [7, 11) is -0.708. The molecule has 4 rings (SSSR count). The lowest BCUT2D eigenvalue weighted by atomic mass is 9.96. The van der Waals surface area contributed by atoms with Gasteiger partial charge in [-0.05, 0) is 63.8 Å². The highest BCUT2D eigenvalue weighted by molar-refractivity contribution is 7.89. The first-order valence-electron chi connectivity index (χ1n) is 12.4. The number of carbonyl (C=O) groups excluding carboxylic acids is 2. The molecule has 1 N–H and O–H groups in total. The molecular formula is C24H37N5O4S. The zero-order valence-electron chi connectivity index (χ0n) is 20.5. The molecule has 0 spiro atoms. The number of nitrogens with zero attached hydrogens (tertiary/aromatic N) is 4. The molecule has 0 saturated carbocycles. The van der Waals surface area contributed by atoms with Gasteiger partial charge < -0.3 is 10.2 Å². The second-order valence-corrected chi connectivity index (χ2v) is 11.9. The third-order valence-electron chi connectivity index (χ3n) is 7.34. The van der Waals surface area contributed by atoms with Gasteiger partial charge in [-0.25, -0.2) is 12.7 Å². The largest absolute Gasteiger partial charge is 0.358 e. The molecule has 3 heterocycles. The summed E-state index contributed by atoms with van der Waals surface area (Å²) in [5.41, 5.74) is 1.31. The van der Waals surface area contributed by atoms with E-state index in [1.807, 2.05) is 0 Å². The Kier molecular flexibility index (Phi) is 7.49. The fourth-order valence-electron chi connectivity index (χ4n) is 5.30. The van der Waals surface area contributed by atoms with Gasteiger partial charge in [0.15, 0.2) is 0 Å². The van der Waals surface area contributed by atoms with E-state index in [0.717, 1.165) is 48.9 Å². The van der Waals surface area contributed by atoms with Crippen LogP contribution in [0.3, 0.4) is 0 Å². The Morgan fingerprint density at radius 2 is 1.82 bits per heavy atom. The summed E-state index contributed by atoms with van der Waals surface area (Å²) in [5, 5.41) is 2.97. The predicted octanol–water partition coefficient (Wildman–Crippen LogP) is 1.63. The molecule has 2 saturated heterocycles. The standard InChI is InChI=1S/C24H37N5O4S/c1-18-8-4-6-13-27(18)15-12-25-23(30)17-29-22-16-19(34(32,33)26(2)3)10-11-20(22)28-14-7-5-9-21(28)24(29)31/h10-11,16,18,21H,4-9,12-15,17H2,1-3H3,(H,25,30)/t18-,21-/m1/s1. The van der Waals surface area contributed by atoms with Gasteiger partial charge in [-0.15, -0.1) is 0 Å². The minimum absolute atomic E-state index is 0.114. The van der Waals surface area contributed by atoms with E-state index in [1.54, 1.807) is 12.1 Å². The highest BCUT2D eigenvalue weighted by Gasteiger charge is 2.40. The van der Waals surface area contributed by atoms with E-state index in [2.05, 4.69) is 22.0 Å². The van der Waals surface area contributed by atoms with Crippen molar-refractivity contribution in [2.45, 2.75) is 62.4 Å². The molecule has 0 unspecified atom stereocenters. The van der Waals surface area contributed by atoms with Gasteiger partial charge in [0.05, 0.1) is 16.3 Å². The van der Waals surface area contributed by atoms with Crippen LogP contribution in [-0.2, 0) is 19.6 Å². The SMILES string of the molecule is C[C@@H]1CCCCN1CCNC(=O)CN1C(=O)[C@H]2CCCCN2c2ccc(S(=O)(=O)N(C)C)cc21. The van der Waals surface area contributed by atoms with E-state index in [9.17, 15) is 18.0 Å². The maximum Gasteiger partial charge on any atom is 0.250 e. The molecule has 0 radical (unpaired) electrons. The summed E-state index contributed by atoms with van der Waals surface area (Å²) in [6, 6.07) is 5.12. The molecule has 10 heteroatoms. The number of carbonyl (C=O) groups is 2. The molecule has 3 aliphatic rings. The van der Waals surface area contributed by atoms with Crippen LogP contribution in [0.2, 0.25) is 0 Å². The first-order valence-corrected chi connectivity index (χ1v) is 13.8. The third kappa shape index (κ3) is 4.94. The number of rotatable bonds is 7. The molecule has 1 aromatic rings. The normalized spacial score (nSPS) is 23.6. The molecule has 0 bridgehead atoms. The maximum atomic E-state index is 13.5. The van der Waals surface area contributed by atoms with Crippen molar-refractivity contribution in [3.05, 3.63) is 18.2 Å². The number of benzene rings is 1. The first-order chi connectivity index (χ1) is 16.2. The van der Waals surface area contributed by atoms with E-state index < -0.39 is 10.0 Å². The average Bonchev–Trinajstić information content (AvgIpc) is 2.82. The molecule has 2 fully saturated rings. The lowest BCUT2D eigenvalue weighted by Gasteiger charge is -2.45. The van der Waals surface area contributed by atoms with Crippen LogP contribution in [0.1, 0.15) is 45.4 Å². The summed E-state index contributed by atoms with van der Waals surface area (Å²) in [5.74, 6) is -0.361. The van der Waals surface area contributed by atoms with E-state index in [-0.39, 0.29) is 29.3 Å². The third-order valence-corrected chi connectivity index (χ3v) is 9.15. The van der Waals surface area contributed by atoms with Crippen molar-refractivity contribution >= 4 is 33.2 Å². The molecule has 0 aromatic heterocycles. The van der Waals surface area contributed by atoms with E-state index in [0.29, 0.717) is 18.3 Å². The molecule has 2 atom stereocenters. The van der Waals surface area contributed by atoms with E-state index >= 15 is 0 Å². The number of nitrogens with one attached hydrogen (secondary N) is 1. The van der Waals surface area contributed by atoms with Gasteiger partial charge in [0.2, 0.25) is 21.8 Å². The van der Waals surface area contributed by atoms with Crippen molar-refractivity contribution in [3.8, 4) is 0 Å². The maximum absolute atomic E-state index is 13.5. The minimum atomic E-state index is -3.67. The monoisotopic (exact) mass is 491 g/mol. The van der Waals surface area contributed by atoms with Crippen molar-refractivity contribution in [2.24, 2.45) is 0 Å². The van der Waals surface area contributed by atoms with Crippen LogP contribution < -0.4 is 15.1 Å². The summed E-state index contributed by atoms with van der Waals surface area (Å²) in [6.45, 7) is 5.23. The minimum Gasteiger partial charge on any atom is -0.358 e. The van der Waals surface area contributed by atoms with Crippen molar-refractivity contribution in [2.75, 3.05) is 56.6 Å². The Morgan fingerprint density at radius 3 is 2.56 bits per heavy atom. The van der Waals surface area contributed by atoms with Crippen LogP contribution in [-0.4, -0.2) is 88.3 Å². The van der Waals surface area contributed by atoms with Gasteiger partial charge in [-0.3, -0.25) is 19.4 Å². The number of amides is 2. The van der Waals surface area contributed by atoms with Crippen molar-refractivity contribution in [1.82, 2.24) is 14.5 Å². The summed E-state index contributed by atoms with van der Waals surface area (Å²) >= 11 is 0. The number of hydrogen-bond acceptors (Lipinski definition) is 6. The quantitative estimate of drug-likeness (QED) is 0.623. The molecule has 34 heavy (non-hydrogen) atoms. The molecular weight excluding hydrogens is 454 g/mol. The number of anilines is 2. The lowest BCUT2D eigenvalue weighted by Crippen LogP contribution is -2.57. The summed E-state index contributed by atoms with van der Waals surface area (Å²) < 4.78 is 26.7. The number of piperidine rings is 2. The van der Waals surface area contributed by atoms with Crippen LogP contribution in [0.25, 0.3) is 0 Å². The van der Waals surface area contributed by atoms with E-state index in [1.165, 1.54) is 44.3 Å². The van der Waals surface area contributed by atoms with Crippen molar-refractivity contribution in [1.29, 1.82) is 0 Å². The molecule has 1 aromatic carbocycles. The van der Waals surface area contributed by atoms with Crippen molar-refractivity contribution < 1.29 is 18.0 Å². The molecule has 188 valence electrons. The Labute approximate surface area is 203 Å². The first kappa shape index (κ1) is 24.9. The molecule has 3 aliphatic heterocycles. The number of hydrogen-bond donors (Lipinski definition) is 1. The zero-order valence-corrected chi connectivity index (χ0v) is 21.3. The van der Waals surface area contributed by atoms with Gasteiger partial charge in [0.1, 0.15) is 12.6 Å². The van der Waals surface area contributed by atoms with Crippen LogP contribution in [0, 0.1) is 0 Å². The van der Waals surface area contributed by atoms with Crippen molar-refractivity contribution in [3.63, 3.8) is 0 Å². The van der Waals surface area contributed by atoms with Crippen LogP contribution in [0.4, 0.5) is 11.4 Å². The second-order valence-electron chi connectivity index (χ2n) is 9.80. The predicted molar refractivity (Wildman–Crippen MR) is 133 cm³/mol. The fourth-order valence-corrected chi connectivity index (χ4v) is 6.22. The number of fused-ring (bicyclic) bond motifs is 3. The highest BCUT2D eigenvalue weighted by atomic mass is 32.2. The topological polar surface area (TPSA) is 93.3 Å². The molecule has 9 nitrogen and oxygen atoms in total. The van der Waals surface area contributed by atoms with Gasteiger partial charge >= 0.3 is 0 Å². The Balaban J connectivity index is 1.53. The Bertz CT molecular complexity index is 1030. The summed E-state index contributed by atoms with van der Waals surface area (Å²) in [4.78, 5) is 32.4. The van der Waals surface area contributed by atoms with Gasteiger partial charge in [-0.2, -0.15) is 0 Å². The van der Waals surface area contributed by atoms with Crippen LogP contribution in [0.5, 0.6) is 0 Å². The van der Waals surface area contributed by atoms with Crippen LogP contribution in [0.15, 0.2) is 23.1 Å². The van der Waals surface area contributed by atoms with E-state index in [4.69, 9.17) is 0 Å². The van der Waals surface area contributed by atoms with Crippen LogP contribution >= 0.6 is 0 Å². The zero-order chi connectivity index (χ0) is 24.5. The molecule has 2 amide bonds. The van der Waals surface area contributed by atoms with Gasteiger partial charge in [0, 0.05) is 39.8 Å². The van der Waals surface area contributed by atoms with Gasteiger partial charge in [0.25, 0.3) is 0 Å². The fraction of sp³-hybridized carbons (Fsp3) is 0.667. The summed E-state index contributed by atoms with van der Waals surface area (Å²) in [6.07, 6.45) is 6.31. The highest BCUT2D eigenvalue weighted by Crippen LogP contribution is 2.40.